The number of nitrogens with zero attached hydrogens (tertiary/aromatic N) is 3. The number of hydrogen-bond donors (Lipinski definition) is 3. The number of primary amides is 1. The summed E-state index contributed by atoms with van der Waals surface area (Å²) >= 11 is 0. The smallest absolute Gasteiger partial charge is 0.258 e. The Balaban J connectivity index is 1.77. The maximum absolute atomic E-state index is 10.9. The Hall–Kier alpha value is -3.50. The first-order chi connectivity index (χ1) is 15.7. The molecule has 2 atom stereocenters. The number of amides is 1. The summed E-state index contributed by atoms with van der Waals surface area (Å²) in [6.07, 6.45) is -2.66. The molecule has 10 nitrogen and oxygen atoms in total. The van der Waals surface area contributed by atoms with Crippen LogP contribution in [0.3, 0.4) is 0 Å². The number of aromatic nitrogens is 3. The molecule has 176 valence electrons. The number of aryl methyl sites for hydroxylation is 3. The molecule has 0 saturated carbocycles. The lowest BCUT2D eigenvalue weighted by atomic mass is 10.0. The normalized spacial score (nSPS) is 12.9. The van der Waals surface area contributed by atoms with Gasteiger partial charge in [-0.15, -0.1) is 0 Å². The average Bonchev–Trinajstić information content (AvgIpc) is 3.23. The molecule has 0 aliphatic rings. The van der Waals surface area contributed by atoms with E-state index in [1.165, 1.54) is 0 Å². The minimum Gasteiger partial charge on any atom is -0.490 e. The second kappa shape index (κ2) is 10.4. The van der Waals surface area contributed by atoms with E-state index in [4.69, 9.17) is 19.7 Å². The summed E-state index contributed by atoms with van der Waals surface area (Å²) in [4.78, 5) is 19.8. The van der Waals surface area contributed by atoms with E-state index in [0.717, 1.165) is 22.4 Å². The third kappa shape index (κ3) is 6.05. The monoisotopic (exact) mass is 456 g/mol. The average molecular weight is 456 g/mol. The van der Waals surface area contributed by atoms with Crippen LogP contribution in [0.2, 0.25) is 0 Å². The molecule has 0 aliphatic heterocycles. The minimum absolute atomic E-state index is 0.0959. The number of carbonyl (C=O) groups excluding carboxylic acids is 1. The van der Waals surface area contributed by atoms with Crippen molar-refractivity contribution in [2.24, 2.45) is 5.73 Å². The zero-order valence-corrected chi connectivity index (χ0v) is 19.0. The van der Waals surface area contributed by atoms with E-state index in [2.05, 4.69) is 15.1 Å². The van der Waals surface area contributed by atoms with Crippen molar-refractivity contribution in [1.29, 1.82) is 0 Å². The summed E-state index contributed by atoms with van der Waals surface area (Å²) in [5, 5.41) is 23.6. The van der Waals surface area contributed by atoms with E-state index in [1.54, 1.807) is 6.07 Å². The van der Waals surface area contributed by atoms with Gasteiger partial charge in [0.1, 0.15) is 18.5 Å². The van der Waals surface area contributed by atoms with E-state index in [-0.39, 0.29) is 13.0 Å². The Morgan fingerprint density at radius 3 is 2.39 bits per heavy atom. The molecule has 2 aromatic heterocycles. The van der Waals surface area contributed by atoms with Gasteiger partial charge in [-0.2, -0.15) is 4.98 Å². The fraction of sp³-hybridized carbons (Fsp3) is 0.391. The van der Waals surface area contributed by atoms with E-state index in [0.29, 0.717) is 35.5 Å². The Labute approximate surface area is 191 Å². The summed E-state index contributed by atoms with van der Waals surface area (Å²) in [5.41, 5.74) is 8.84. The molecule has 1 unspecified atom stereocenters. The van der Waals surface area contributed by atoms with E-state index < -0.39 is 18.1 Å². The number of aliphatic hydroxyl groups is 2. The maximum atomic E-state index is 10.9. The molecule has 2 heterocycles. The Bertz CT molecular complexity index is 1110. The molecule has 3 aromatic rings. The van der Waals surface area contributed by atoms with Gasteiger partial charge in [-0.3, -0.25) is 4.79 Å². The third-order valence-electron chi connectivity index (χ3n) is 4.86. The van der Waals surface area contributed by atoms with Crippen LogP contribution in [-0.4, -0.2) is 56.7 Å². The van der Waals surface area contributed by atoms with E-state index in [9.17, 15) is 15.0 Å². The fourth-order valence-corrected chi connectivity index (χ4v) is 3.37. The van der Waals surface area contributed by atoms with Gasteiger partial charge in [0.05, 0.1) is 12.7 Å². The Morgan fingerprint density at radius 2 is 1.76 bits per heavy atom. The van der Waals surface area contributed by atoms with Crippen molar-refractivity contribution in [2.45, 2.75) is 46.3 Å². The lowest BCUT2D eigenvalue weighted by Crippen LogP contribution is -2.33. The van der Waals surface area contributed by atoms with Crippen LogP contribution in [0.5, 0.6) is 11.6 Å². The topological polar surface area (TPSA) is 154 Å². The van der Waals surface area contributed by atoms with Gasteiger partial charge in [0.15, 0.2) is 0 Å². The standard InChI is InChI=1S/C23H28N4O6/c1-5-31-19-9-16(8-14(4)25-19)23-26-22(27-33-23)15-6-12(2)20(13(3)7-15)32-11-17(28)10-18(29)21(24)30/h6-9,17-18,28-29H,5,10-11H2,1-4H3,(H2,24,30)/t17-,18?/m1/s1. The largest absolute Gasteiger partial charge is 0.490 e. The van der Waals surface area contributed by atoms with Crippen LogP contribution in [0.25, 0.3) is 22.8 Å². The first-order valence-electron chi connectivity index (χ1n) is 10.5. The highest BCUT2D eigenvalue weighted by Crippen LogP contribution is 2.31. The molecule has 10 heteroatoms. The van der Waals surface area contributed by atoms with Crippen molar-refractivity contribution >= 4 is 5.91 Å². The van der Waals surface area contributed by atoms with Crippen LogP contribution in [0, 0.1) is 20.8 Å². The van der Waals surface area contributed by atoms with Crippen LogP contribution in [0.1, 0.15) is 30.2 Å². The SMILES string of the molecule is CCOc1cc(-c2nc(-c3cc(C)c(OC[C@H](O)CC(O)C(N)=O)c(C)c3)no2)cc(C)n1. The molecule has 0 bridgehead atoms. The summed E-state index contributed by atoms with van der Waals surface area (Å²) < 4.78 is 16.7. The molecule has 0 spiro atoms. The molecule has 3 rings (SSSR count). The van der Waals surface area contributed by atoms with Crippen LogP contribution in [0.4, 0.5) is 0 Å². The predicted octanol–water partition coefficient (Wildman–Crippen LogP) is 2.10. The van der Waals surface area contributed by atoms with Crippen molar-refractivity contribution in [1.82, 2.24) is 15.1 Å². The Kier molecular flexibility index (Phi) is 7.62. The van der Waals surface area contributed by atoms with Gasteiger partial charge in [-0.1, -0.05) is 5.16 Å². The highest BCUT2D eigenvalue weighted by molar-refractivity contribution is 5.78. The quantitative estimate of drug-likeness (QED) is 0.416. The van der Waals surface area contributed by atoms with Crippen molar-refractivity contribution in [2.75, 3.05) is 13.2 Å². The van der Waals surface area contributed by atoms with Gasteiger partial charge in [0.25, 0.3) is 5.89 Å². The van der Waals surface area contributed by atoms with Crippen molar-refractivity contribution < 1.29 is 29.0 Å². The first kappa shape index (κ1) is 24.1. The van der Waals surface area contributed by atoms with E-state index >= 15 is 0 Å². The lowest BCUT2D eigenvalue weighted by molar-refractivity contribution is -0.127. The molecular formula is C23H28N4O6. The fourth-order valence-electron chi connectivity index (χ4n) is 3.37. The molecule has 1 aromatic carbocycles. The molecule has 0 aliphatic carbocycles. The summed E-state index contributed by atoms with van der Waals surface area (Å²) in [6, 6.07) is 7.30. The molecule has 0 radical (unpaired) electrons. The highest BCUT2D eigenvalue weighted by Gasteiger charge is 2.19. The lowest BCUT2D eigenvalue weighted by Gasteiger charge is -2.17. The zero-order chi connectivity index (χ0) is 24.1. The number of pyridine rings is 1. The number of carbonyl (C=O) groups is 1. The van der Waals surface area contributed by atoms with Crippen molar-refractivity contribution in [3.8, 4) is 34.5 Å². The second-order valence-corrected chi connectivity index (χ2v) is 7.75. The van der Waals surface area contributed by atoms with Gasteiger partial charge in [-0.05, 0) is 57.0 Å². The first-order valence-corrected chi connectivity index (χ1v) is 10.5. The molecular weight excluding hydrogens is 428 g/mol. The number of hydrogen-bond acceptors (Lipinski definition) is 9. The van der Waals surface area contributed by atoms with Gasteiger partial charge >= 0.3 is 0 Å². The Morgan fingerprint density at radius 1 is 1.06 bits per heavy atom. The van der Waals surface area contributed by atoms with Gasteiger partial charge in [0, 0.05) is 29.3 Å². The molecule has 33 heavy (non-hydrogen) atoms. The van der Waals surface area contributed by atoms with Crippen LogP contribution in [-0.2, 0) is 4.79 Å². The highest BCUT2D eigenvalue weighted by atomic mass is 16.5. The van der Waals surface area contributed by atoms with Gasteiger partial charge in [0.2, 0.25) is 17.6 Å². The van der Waals surface area contributed by atoms with Crippen molar-refractivity contribution in [3.05, 3.63) is 41.1 Å². The second-order valence-electron chi connectivity index (χ2n) is 7.75. The third-order valence-corrected chi connectivity index (χ3v) is 4.86. The number of ether oxygens (including phenoxy) is 2. The number of aliphatic hydroxyl groups excluding tert-OH is 2. The van der Waals surface area contributed by atoms with E-state index in [1.807, 2.05) is 45.9 Å². The summed E-state index contributed by atoms with van der Waals surface area (Å²) in [6.45, 7) is 7.87. The molecule has 0 fully saturated rings. The van der Waals surface area contributed by atoms with Crippen LogP contribution in [0.15, 0.2) is 28.8 Å². The minimum atomic E-state index is -1.42. The predicted molar refractivity (Wildman–Crippen MR) is 120 cm³/mol. The van der Waals surface area contributed by atoms with Gasteiger partial charge < -0.3 is 29.9 Å². The number of benzene rings is 1. The zero-order valence-electron chi connectivity index (χ0n) is 19.0. The molecule has 1 amide bonds. The number of rotatable bonds is 10. The van der Waals surface area contributed by atoms with Crippen molar-refractivity contribution in [3.63, 3.8) is 0 Å². The summed E-state index contributed by atoms with van der Waals surface area (Å²) in [5.74, 6) is 0.955. The van der Waals surface area contributed by atoms with Crippen LogP contribution >= 0.6 is 0 Å². The molecule has 4 N–H and O–H groups in total. The van der Waals surface area contributed by atoms with Gasteiger partial charge in [-0.25, -0.2) is 4.98 Å². The maximum Gasteiger partial charge on any atom is 0.258 e. The van der Waals surface area contributed by atoms with Crippen LogP contribution < -0.4 is 15.2 Å². The number of nitrogens with two attached hydrogens (primary N) is 1. The molecule has 0 saturated heterocycles. The summed E-state index contributed by atoms with van der Waals surface area (Å²) in [7, 11) is 0.